The summed E-state index contributed by atoms with van der Waals surface area (Å²) in [6, 6.07) is 5.85. The molecule has 2 heterocycles. The van der Waals surface area contributed by atoms with Crippen molar-refractivity contribution in [2.24, 2.45) is 0 Å². The van der Waals surface area contributed by atoms with Crippen LogP contribution in [0.3, 0.4) is 0 Å². The largest absolute Gasteiger partial charge is 0.488 e. The third kappa shape index (κ3) is 3.31. The predicted octanol–water partition coefficient (Wildman–Crippen LogP) is 4.16. The van der Waals surface area contributed by atoms with Gasteiger partial charge in [0.15, 0.2) is 5.82 Å². The second-order valence-corrected chi connectivity index (χ2v) is 6.45. The zero-order chi connectivity index (χ0) is 15.7. The minimum Gasteiger partial charge on any atom is -0.488 e. The lowest BCUT2D eigenvalue weighted by atomic mass is 10.2. The molecule has 118 valence electrons. The lowest BCUT2D eigenvalue weighted by molar-refractivity contribution is 0.224. The Labute approximate surface area is 139 Å². The van der Waals surface area contributed by atoms with E-state index in [1.165, 1.54) is 0 Å². The first kappa shape index (κ1) is 15.4. The first-order valence-electron chi connectivity index (χ1n) is 7.23. The summed E-state index contributed by atoms with van der Waals surface area (Å²) in [5.74, 6) is 1.70. The molecule has 1 fully saturated rings. The van der Waals surface area contributed by atoms with Crippen molar-refractivity contribution in [1.82, 2.24) is 10.1 Å². The van der Waals surface area contributed by atoms with Crippen molar-refractivity contribution < 1.29 is 9.26 Å². The summed E-state index contributed by atoms with van der Waals surface area (Å²) >= 11 is 11.9. The molecular formula is C15H17Cl2N3O2. The second kappa shape index (κ2) is 6.34. The Morgan fingerprint density at radius 2 is 2.14 bits per heavy atom. The van der Waals surface area contributed by atoms with Crippen molar-refractivity contribution in [2.75, 3.05) is 18.0 Å². The van der Waals surface area contributed by atoms with E-state index in [0.29, 0.717) is 22.6 Å². The van der Waals surface area contributed by atoms with Gasteiger partial charge in [-0.05, 0) is 12.1 Å². The Hall–Kier alpha value is -1.46. The highest BCUT2D eigenvalue weighted by Gasteiger charge is 2.28. The summed E-state index contributed by atoms with van der Waals surface area (Å²) in [7, 11) is 0. The van der Waals surface area contributed by atoms with Crippen molar-refractivity contribution in [2.45, 2.75) is 32.3 Å². The molecule has 1 aliphatic heterocycles. The number of hydrogen-bond acceptors (Lipinski definition) is 5. The molecule has 1 aromatic heterocycles. The molecule has 0 saturated carbocycles. The summed E-state index contributed by atoms with van der Waals surface area (Å²) in [6.07, 6.45) is 0.950. The van der Waals surface area contributed by atoms with Crippen LogP contribution in [-0.4, -0.2) is 29.3 Å². The fourth-order valence-electron chi connectivity index (χ4n) is 2.33. The normalized spacial score (nSPS) is 18.2. The molecule has 0 radical (unpaired) electrons. The molecule has 7 heteroatoms. The minimum absolute atomic E-state index is 0.0617. The van der Waals surface area contributed by atoms with Crippen LogP contribution in [0.4, 0.5) is 6.01 Å². The van der Waals surface area contributed by atoms with Crippen LogP contribution in [0, 0.1) is 0 Å². The molecule has 0 N–H and O–H groups in total. The monoisotopic (exact) mass is 341 g/mol. The first-order chi connectivity index (χ1) is 10.5. The fraction of sp³-hybridized carbons (Fsp3) is 0.467. The highest BCUT2D eigenvalue weighted by atomic mass is 35.5. The van der Waals surface area contributed by atoms with Gasteiger partial charge >= 0.3 is 6.01 Å². The Balaban J connectivity index is 1.63. The van der Waals surface area contributed by atoms with Crippen molar-refractivity contribution in [1.29, 1.82) is 0 Å². The molecule has 1 aromatic carbocycles. The smallest absolute Gasteiger partial charge is 0.324 e. The van der Waals surface area contributed by atoms with E-state index < -0.39 is 0 Å². The molecule has 1 aliphatic rings. The van der Waals surface area contributed by atoms with E-state index in [4.69, 9.17) is 32.5 Å². The van der Waals surface area contributed by atoms with Crippen LogP contribution in [-0.2, 0) is 0 Å². The standard InChI is InChI=1S/C15H17Cl2N3O2/c1-9(2)14-18-15(22-19-14)20-6-5-11(8-20)21-10-3-4-12(16)13(17)7-10/h3-4,7,9,11H,5-6,8H2,1-2H3. The number of hydrogen-bond donors (Lipinski definition) is 0. The second-order valence-electron chi connectivity index (χ2n) is 5.64. The van der Waals surface area contributed by atoms with Gasteiger partial charge in [0.1, 0.15) is 11.9 Å². The van der Waals surface area contributed by atoms with Crippen LogP contribution >= 0.6 is 23.2 Å². The molecule has 0 amide bonds. The van der Waals surface area contributed by atoms with Crippen LogP contribution in [0.5, 0.6) is 5.75 Å². The highest BCUT2D eigenvalue weighted by Crippen LogP contribution is 2.29. The van der Waals surface area contributed by atoms with Gasteiger partial charge in [-0.15, -0.1) is 0 Å². The Morgan fingerprint density at radius 1 is 1.32 bits per heavy atom. The number of halogens is 2. The van der Waals surface area contributed by atoms with E-state index in [2.05, 4.69) is 10.1 Å². The maximum Gasteiger partial charge on any atom is 0.324 e. The van der Waals surface area contributed by atoms with Gasteiger partial charge in [-0.25, -0.2) is 0 Å². The molecule has 5 nitrogen and oxygen atoms in total. The molecule has 0 aliphatic carbocycles. The van der Waals surface area contributed by atoms with Crippen LogP contribution in [0.1, 0.15) is 32.0 Å². The number of benzene rings is 1. The molecule has 22 heavy (non-hydrogen) atoms. The van der Waals surface area contributed by atoms with E-state index in [9.17, 15) is 0 Å². The number of rotatable bonds is 4. The number of nitrogens with zero attached hydrogens (tertiary/aromatic N) is 3. The van der Waals surface area contributed by atoms with Crippen LogP contribution in [0.15, 0.2) is 22.7 Å². The highest BCUT2D eigenvalue weighted by molar-refractivity contribution is 6.42. The fourth-order valence-corrected chi connectivity index (χ4v) is 2.62. The lowest BCUT2D eigenvalue weighted by Gasteiger charge is -2.15. The van der Waals surface area contributed by atoms with Gasteiger partial charge in [-0.1, -0.05) is 42.2 Å². The van der Waals surface area contributed by atoms with Crippen molar-refractivity contribution in [3.8, 4) is 5.75 Å². The van der Waals surface area contributed by atoms with Gasteiger partial charge < -0.3 is 14.2 Å². The van der Waals surface area contributed by atoms with E-state index >= 15 is 0 Å². The van der Waals surface area contributed by atoms with E-state index in [1.54, 1.807) is 12.1 Å². The summed E-state index contributed by atoms with van der Waals surface area (Å²) in [5, 5.41) is 5.01. The molecular weight excluding hydrogens is 325 g/mol. The van der Waals surface area contributed by atoms with E-state index in [1.807, 2.05) is 24.8 Å². The van der Waals surface area contributed by atoms with Gasteiger partial charge in [-0.2, -0.15) is 4.98 Å². The zero-order valence-electron chi connectivity index (χ0n) is 12.4. The molecule has 2 aromatic rings. The lowest BCUT2D eigenvalue weighted by Crippen LogP contribution is -2.24. The van der Waals surface area contributed by atoms with Crippen molar-refractivity contribution in [3.63, 3.8) is 0 Å². The summed E-state index contributed by atoms with van der Waals surface area (Å²) < 4.78 is 11.3. The topological polar surface area (TPSA) is 51.4 Å². The Morgan fingerprint density at radius 3 is 2.82 bits per heavy atom. The zero-order valence-corrected chi connectivity index (χ0v) is 13.9. The van der Waals surface area contributed by atoms with Gasteiger partial charge in [-0.3, -0.25) is 0 Å². The number of anilines is 1. The van der Waals surface area contributed by atoms with Gasteiger partial charge in [0.25, 0.3) is 0 Å². The Bertz CT molecular complexity index is 660. The third-order valence-electron chi connectivity index (χ3n) is 3.56. The molecule has 0 spiro atoms. The molecule has 3 rings (SSSR count). The number of ether oxygens (including phenoxy) is 1. The first-order valence-corrected chi connectivity index (χ1v) is 7.99. The predicted molar refractivity (Wildman–Crippen MR) is 86.1 cm³/mol. The summed E-state index contributed by atoms with van der Waals surface area (Å²) in [4.78, 5) is 6.46. The third-order valence-corrected chi connectivity index (χ3v) is 4.30. The molecule has 1 saturated heterocycles. The Kier molecular flexibility index (Phi) is 4.45. The average molecular weight is 342 g/mol. The summed E-state index contributed by atoms with van der Waals surface area (Å²) in [6.45, 7) is 5.61. The van der Waals surface area contributed by atoms with Crippen LogP contribution in [0.25, 0.3) is 0 Å². The van der Waals surface area contributed by atoms with E-state index in [0.717, 1.165) is 24.5 Å². The van der Waals surface area contributed by atoms with Crippen LogP contribution < -0.4 is 9.64 Å². The maximum absolute atomic E-state index is 6.00. The van der Waals surface area contributed by atoms with Crippen LogP contribution in [0.2, 0.25) is 10.0 Å². The number of aromatic nitrogens is 2. The molecule has 1 unspecified atom stereocenters. The van der Waals surface area contributed by atoms with Gasteiger partial charge in [0.2, 0.25) is 0 Å². The van der Waals surface area contributed by atoms with Gasteiger partial charge in [0.05, 0.1) is 16.6 Å². The average Bonchev–Trinajstić information content (AvgIpc) is 3.11. The van der Waals surface area contributed by atoms with Crippen molar-refractivity contribution >= 4 is 29.2 Å². The molecule has 0 bridgehead atoms. The van der Waals surface area contributed by atoms with Gasteiger partial charge in [0, 0.05) is 24.9 Å². The minimum atomic E-state index is 0.0617. The molecule has 1 atom stereocenters. The quantitative estimate of drug-likeness (QED) is 0.835. The maximum atomic E-state index is 6.00. The SMILES string of the molecule is CC(C)c1noc(N2CCC(Oc3ccc(Cl)c(Cl)c3)C2)n1. The summed E-state index contributed by atoms with van der Waals surface area (Å²) in [5.41, 5.74) is 0. The van der Waals surface area contributed by atoms with E-state index in [-0.39, 0.29) is 12.0 Å². The van der Waals surface area contributed by atoms with Crippen molar-refractivity contribution in [3.05, 3.63) is 34.1 Å².